The molecule has 3 heterocycles. The maximum Gasteiger partial charge on any atom is 0.275 e. The number of carbonyl (C=O) groups is 1. The molecule has 0 bridgehead atoms. The first-order chi connectivity index (χ1) is 15.2. The van der Waals surface area contributed by atoms with Gasteiger partial charge in [-0.25, -0.2) is 4.98 Å². The van der Waals surface area contributed by atoms with Crippen LogP contribution in [0.3, 0.4) is 0 Å². The predicted molar refractivity (Wildman–Crippen MR) is 118 cm³/mol. The molecular formula is C23H28N6O2. The normalized spacial score (nSPS) is 15.5. The van der Waals surface area contributed by atoms with Crippen molar-refractivity contribution in [3.63, 3.8) is 0 Å². The van der Waals surface area contributed by atoms with E-state index in [-0.39, 0.29) is 5.91 Å². The molecule has 1 aromatic carbocycles. The smallest absolute Gasteiger partial charge is 0.275 e. The van der Waals surface area contributed by atoms with Crippen molar-refractivity contribution < 1.29 is 9.21 Å². The summed E-state index contributed by atoms with van der Waals surface area (Å²) in [6, 6.07) is 12.2. The van der Waals surface area contributed by atoms with Crippen LogP contribution in [0.25, 0.3) is 6.08 Å². The van der Waals surface area contributed by atoms with Gasteiger partial charge < -0.3 is 9.32 Å². The molecule has 1 aliphatic rings. The molecule has 8 nitrogen and oxygen atoms in total. The van der Waals surface area contributed by atoms with Crippen LogP contribution in [0.5, 0.6) is 0 Å². The van der Waals surface area contributed by atoms with Gasteiger partial charge >= 0.3 is 0 Å². The second-order valence-electron chi connectivity index (χ2n) is 7.76. The van der Waals surface area contributed by atoms with E-state index in [0.29, 0.717) is 24.7 Å². The average molecular weight is 421 g/mol. The molecule has 0 aliphatic carbocycles. The Morgan fingerprint density at radius 2 is 1.94 bits per heavy atom. The first kappa shape index (κ1) is 21.0. The molecule has 0 spiro atoms. The summed E-state index contributed by atoms with van der Waals surface area (Å²) in [5, 5.41) is 6.76. The van der Waals surface area contributed by atoms with Crippen LogP contribution in [0.2, 0.25) is 0 Å². The Balaban J connectivity index is 1.21. The Hall–Kier alpha value is -3.23. The number of oxazole rings is 1. The van der Waals surface area contributed by atoms with Gasteiger partial charge in [0.2, 0.25) is 5.89 Å². The van der Waals surface area contributed by atoms with Crippen molar-refractivity contribution in [1.82, 2.24) is 29.9 Å². The van der Waals surface area contributed by atoms with Gasteiger partial charge in [0.15, 0.2) is 5.69 Å². The van der Waals surface area contributed by atoms with Gasteiger partial charge in [-0.1, -0.05) is 42.5 Å². The molecule has 31 heavy (non-hydrogen) atoms. The Bertz CT molecular complexity index is 975. The van der Waals surface area contributed by atoms with Gasteiger partial charge in [0.1, 0.15) is 6.26 Å². The fourth-order valence-electron chi connectivity index (χ4n) is 3.60. The lowest BCUT2D eigenvalue weighted by molar-refractivity contribution is 0.0777. The van der Waals surface area contributed by atoms with Crippen LogP contribution < -0.4 is 0 Å². The van der Waals surface area contributed by atoms with Crippen molar-refractivity contribution in [2.45, 2.75) is 13.1 Å². The van der Waals surface area contributed by atoms with Crippen molar-refractivity contribution >= 4 is 12.0 Å². The number of aromatic nitrogens is 3. The maximum absolute atomic E-state index is 12.6. The molecule has 162 valence electrons. The van der Waals surface area contributed by atoms with E-state index in [2.05, 4.69) is 61.4 Å². The Labute approximate surface area is 182 Å². The van der Waals surface area contributed by atoms with Crippen molar-refractivity contribution in [2.75, 3.05) is 39.8 Å². The van der Waals surface area contributed by atoms with Crippen LogP contribution in [-0.2, 0) is 13.1 Å². The maximum atomic E-state index is 12.6. The highest BCUT2D eigenvalue weighted by Gasteiger charge is 2.21. The highest BCUT2D eigenvalue weighted by molar-refractivity contribution is 5.91. The van der Waals surface area contributed by atoms with E-state index in [9.17, 15) is 4.79 Å². The van der Waals surface area contributed by atoms with E-state index in [1.54, 1.807) is 18.1 Å². The third-order valence-electron chi connectivity index (χ3n) is 5.38. The number of rotatable bonds is 8. The number of amides is 1. The molecule has 0 radical (unpaired) electrons. The van der Waals surface area contributed by atoms with Crippen LogP contribution in [0.4, 0.5) is 0 Å². The zero-order chi connectivity index (χ0) is 21.5. The van der Waals surface area contributed by atoms with Crippen molar-refractivity contribution in [1.29, 1.82) is 0 Å². The number of aromatic amines is 1. The van der Waals surface area contributed by atoms with Gasteiger partial charge in [-0.15, -0.1) is 0 Å². The number of piperazine rings is 1. The number of hydrogen-bond acceptors (Lipinski definition) is 6. The van der Waals surface area contributed by atoms with Crippen LogP contribution >= 0.6 is 0 Å². The molecule has 0 saturated carbocycles. The fourth-order valence-corrected chi connectivity index (χ4v) is 3.60. The van der Waals surface area contributed by atoms with Crippen LogP contribution in [0.1, 0.15) is 27.6 Å². The number of benzene rings is 1. The largest absolute Gasteiger partial charge is 0.447 e. The standard InChI is InChI=1S/C23H28N6O2/c1-27(16-20-9-10-24-26-20)23(30)21-18-31-22(25-21)17-29-14-12-28(13-15-29)11-5-8-19-6-3-2-4-7-19/h2-10,18H,11-17H2,1H3,(H,24,26). The molecule has 1 fully saturated rings. The summed E-state index contributed by atoms with van der Waals surface area (Å²) in [4.78, 5) is 23.3. The van der Waals surface area contributed by atoms with Gasteiger partial charge in [0.25, 0.3) is 5.91 Å². The molecule has 4 rings (SSSR count). The monoisotopic (exact) mass is 420 g/mol. The van der Waals surface area contributed by atoms with Crippen molar-refractivity contribution in [2.24, 2.45) is 0 Å². The number of nitrogens with one attached hydrogen (secondary N) is 1. The summed E-state index contributed by atoms with van der Waals surface area (Å²) >= 11 is 0. The molecular weight excluding hydrogens is 392 g/mol. The lowest BCUT2D eigenvalue weighted by Gasteiger charge is -2.33. The summed E-state index contributed by atoms with van der Waals surface area (Å²) in [5.74, 6) is 0.412. The van der Waals surface area contributed by atoms with Gasteiger partial charge in [-0.2, -0.15) is 5.10 Å². The first-order valence-corrected chi connectivity index (χ1v) is 10.5. The molecule has 0 atom stereocenters. The molecule has 8 heteroatoms. The summed E-state index contributed by atoms with van der Waals surface area (Å²) < 4.78 is 5.57. The van der Waals surface area contributed by atoms with Gasteiger partial charge in [0.05, 0.1) is 18.8 Å². The quantitative estimate of drug-likeness (QED) is 0.603. The molecule has 2 aromatic heterocycles. The topological polar surface area (TPSA) is 81.5 Å². The van der Waals surface area contributed by atoms with E-state index in [0.717, 1.165) is 38.4 Å². The van der Waals surface area contributed by atoms with E-state index < -0.39 is 0 Å². The molecule has 3 aromatic rings. The summed E-state index contributed by atoms with van der Waals surface area (Å²) in [5.41, 5.74) is 2.43. The third kappa shape index (κ3) is 5.90. The van der Waals surface area contributed by atoms with Crippen LogP contribution in [0, 0.1) is 0 Å². The molecule has 1 saturated heterocycles. The second kappa shape index (κ2) is 10.2. The lowest BCUT2D eigenvalue weighted by atomic mass is 10.2. The average Bonchev–Trinajstić information content (AvgIpc) is 3.47. The first-order valence-electron chi connectivity index (χ1n) is 10.5. The summed E-state index contributed by atoms with van der Waals surface area (Å²) in [6.07, 6.45) is 7.50. The number of carbonyl (C=O) groups excluding carboxylic acids is 1. The van der Waals surface area contributed by atoms with Gasteiger partial charge in [-0.05, 0) is 11.6 Å². The minimum absolute atomic E-state index is 0.167. The summed E-state index contributed by atoms with van der Waals surface area (Å²) in [7, 11) is 1.74. The number of hydrogen-bond donors (Lipinski definition) is 1. The van der Waals surface area contributed by atoms with Gasteiger partial charge in [-0.3, -0.25) is 19.7 Å². The molecule has 1 amide bonds. The van der Waals surface area contributed by atoms with E-state index in [1.807, 2.05) is 12.1 Å². The Morgan fingerprint density at radius 1 is 1.16 bits per heavy atom. The minimum Gasteiger partial charge on any atom is -0.447 e. The second-order valence-corrected chi connectivity index (χ2v) is 7.76. The molecule has 1 aliphatic heterocycles. The van der Waals surface area contributed by atoms with E-state index in [1.165, 1.54) is 11.8 Å². The Morgan fingerprint density at radius 3 is 2.68 bits per heavy atom. The lowest BCUT2D eigenvalue weighted by Crippen LogP contribution is -2.45. The highest BCUT2D eigenvalue weighted by Crippen LogP contribution is 2.12. The number of H-pyrrole nitrogens is 1. The number of nitrogens with zero attached hydrogens (tertiary/aromatic N) is 5. The fraction of sp³-hybridized carbons (Fsp3) is 0.348. The molecule has 0 unspecified atom stereocenters. The van der Waals surface area contributed by atoms with Crippen LogP contribution in [0.15, 0.2) is 59.4 Å². The third-order valence-corrected chi connectivity index (χ3v) is 5.38. The zero-order valence-corrected chi connectivity index (χ0v) is 17.8. The van der Waals surface area contributed by atoms with E-state index in [4.69, 9.17) is 4.42 Å². The van der Waals surface area contributed by atoms with Gasteiger partial charge in [0, 0.05) is 46.0 Å². The minimum atomic E-state index is -0.167. The molecule has 1 N–H and O–H groups in total. The zero-order valence-electron chi connectivity index (χ0n) is 17.8. The summed E-state index contributed by atoms with van der Waals surface area (Å²) in [6.45, 7) is 5.90. The van der Waals surface area contributed by atoms with Crippen molar-refractivity contribution in [3.05, 3.63) is 77.8 Å². The van der Waals surface area contributed by atoms with E-state index >= 15 is 0 Å². The predicted octanol–water partition coefficient (Wildman–Crippen LogP) is 2.50. The Kier molecular flexibility index (Phi) is 6.91. The highest BCUT2D eigenvalue weighted by atomic mass is 16.3. The van der Waals surface area contributed by atoms with Crippen molar-refractivity contribution in [3.8, 4) is 0 Å². The SMILES string of the molecule is CN(Cc1ccn[nH]1)C(=O)c1coc(CN2CCN(CC=Cc3ccccc3)CC2)n1. The van der Waals surface area contributed by atoms with Crippen LogP contribution in [-0.4, -0.2) is 75.6 Å².